The number of aliphatic hydroxyl groups is 4. The van der Waals surface area contributed by atoms with Crippen molar-refractivity contribution in [3.8, 4) is 0 Å². The molecule has 0 spiro atoms. The molecule has 0 radical (unpaired) electrons. The molecule has 128 valence electrons. The summed E-state index contributed by atoms with van der Waals surface area (Å²) < 4.78 is 9.89. The minimum atomic E-state index is -1.82. The topological polar surface area (TPSA) is 141 Å². The zero-order valence-electron chi connectivity index (χ0n) is 12.3. The van der Waals surface area contributed by atoms with Crippen LogP contribution >= 0.6 is 0 Å². The number of esters is 1. The monoisotopic (exact) mass is 336 g/mol. The van der Waals surface area contributed by atoms with E-state index in [-0.39, 0.29) is 5.88 Å². The summed E-state index contributed by atoms with van der Waals surface area (Å²) in [6, 6.07) is 7.17. The van der Waals surface area contributed by atoms with Crippen LogP contribution in [-0.2, 0) is 14.3 Å². The standard InChI is InChI=1S/C15H16N2O7/c18-10-11(19)13(24-14(21)12(10)20)15(22)23-9-6-16-5-7-3-1-2-4-8(7)17-9/h1-6,10-14,17-21H/t10-,11-,12+,13-,14+/m0/s1. The number of fused-ring (bicyclic) bond motifs is 1. The van der Waals surface area contributed by atoms with E-state index in [1.807, 2.05) is 12.1 Å². The van der Waals surface area contributed by atoms with Crippen molar-refractivity contribution in [3.63, 3.8) is 0 Å². The molecular formula is C15H16N2O7. The lowest BCUT2D eigenvalue weighted by molar-refractivity contribution is -0.280. The minimum absolute atomic E-state index is 0.0212. The van der Waals surface area contributed by atoms with E-state index in [4.69, 9.17) is 9.47 Å². The molecule has 0 bridgehead atoms. The van der Waals surface area contributed by atoms with Gasteiger partial charge in [0.25, 0.3) is 0 Å². The van der Waals surface area contributed by atoms with Crippen molar-refractivity contribution in [2.24, 2.45) is 4.99 Å². The zero-order chi connectivity index (χ0) is 17.3. The maximum Gasteiger partial charge on any atom is 0.344 e. The molecule has 1 saturated heterocycles. The number of carbonyl (C=O) groups is 1. The Kier molecular flexibility index (Phi) is 4.60. The third kappa shape index (κ3) is 3.16. The average Bonchev–Trinajstić information content (AvgIpc) is 2.77. The van der Waals surface area contributed by atoms with Gasteiger partial charge >= 0.3 is 5.97 Å². The van der Waals surface area contributed by atoms with Gasteiger partial charge in [-0.05, 0) is 6.07 Å². The lowest BCUT2D eigenvalue weighted by Crippen LogP contribution is -2.60. The van der Waals surface area contributed by atoms with E-state index < -0.39 is 36.7 Å². The summed E-state index contributed by atoms with van der Waals surface area (Å²) in [4.78, 5) is 16.1. The van der Waals surface area contributed by atoms with Gasteiger partial charge in [0.1, 0.15) is 18.3 Å². The van der Waals surface area contributed by atoms with Gasteiger partial charge in [-0.15, -0.1) is 0 Å². The van der Waals surface area contributed by atoms with Gasteiger partial charge in [-0.1, -0.05) is 18.2 Å². The number of hydrogen-bond acceptors (Lipinski definition) is 9. The summed E-state index contributed by atoms with van der Waals surface area (Å²) in [7, 11) is 0. The first-order valence-electron chi connectivity index (χ1n) is 7.16. The van der Waals surface area contributed by atoms with E-state index in [2.05, 4.69) is 10.3 Å². The van der Waals surface area contributed by atoms with Crippen LogP contribution in [0, 0.1) is 0 Å². The molecule has 3 rings (SSSR count). The van der Waals surface area contributed by atoms with Gasteiger partial charge in [-0.2, -0.15) is 0 Å². The number of benzene rings is 1. The highest BCUT2D eigenvalue weighted by atomic mass is 16.7. The van der Waals surface area contributed by atoms with Crippen molar-refractivity contribution < 1.29 is 34.7 Å². The molecule has 5 N–H and O–H groups in total. The lowest BCUT2D eigenvalue weighted by atomic mass is 9.99. The number of ether oxygens (including phenoxy) is 2. The number of nitrogens with one attached hydrogen (secondary N) is 1. The Morgan fingerprint density at radius 2 is 1.88 bits per heavy atom. The summed E-state index contributed by atoms with van der Waals surface area (Å²) >= 11 is 0. The van der Waals surface area contributed by atoms with Gasteiger partial charge in [-0.25, -0.2) is 4.79 Å². The highest BCUT2D eigenvalue weighted by Gasteiger charge is 2.47. The number of hydrogen-bond donors (Lipinski definition) is 5. The Balaban J connectivity index is 1.71. The number of carbonyl (C=O) groups excluding carboxylic acids is 1. The Hall–Kier alpha value is -2.30. The Morgan fingerprint density at radius 1 is 1.12 bits per heavy atom. The van der Waals surface area contributed by atoms with Crippen molar-refractivity contribution in [1.82, 2.24) is 0 Å². The second-order valence-corrected chi connectivity index (χ2v) is 5.32. The van der Waals surface area contributed by atoms with E-state index >= 15 is 0 Å². The van der Waals surface area contributed by atoms with Crippen molar-refractivity contribution in [2.45, 2.75) is 30.7 Å². The SMILES string of the molecule is O=C(OC1=CN=Cc2ccccc2N1)[C@H]1O[C@@H](O)[C@H](O)[C@@H](O)[C@@H]1O. The van der Waals surface area contributed by atoms with Crippen LogP contribution in [0.5, 0.6) is 0 Å². The highest BCUT2D eigenvalue weighted by Crippen LogP contribution is 2.23. The summed E-state index contributed by atoms with van der Waals surface area (Å²) in [6.45, 7) is 0. The van der Waals surface area contributed by atoms with Crippen molar-refractivity contribution >= 4 is 17.9 Å². The van der Waals surface area contributed by atoms with Crippen molar-refractivity contribution in [2.75, 3.05) is 5.32 Å². The van der Waals surface area contributed by atoms with Gasteiger partial charge < -0.3 is 35.2 Å². The fourth-order valence-electron chi connectivity index (χ4n) is 2.35. The third-order valence-electron chi connectivity index (χ3n) is 3.66. The number of nitrogens with zero attached hydrogens (tertiary/aromatic N) is 1. The first kappa shape index (κ1) is 16.6. The fraction of sp³-hybridized carbons (Fsp3) is 0.333. The minimum Gasteiger partial charge on any atom is -0.406 e. The molecule has 2 heterocycles. The molecule has 5 atom stereocenters. The van der Waals surface area contributed by atoms with Crippen LogP contribution in [0.25, 0.3) is 0 Å². The Bertz CT molecular complexity index is 690. The number of aliphatic imine (C=N–C) groups is 1. The molecule has 24 heavy (non-hydrogen) atoms. The number of rotatable bonds is 2. The van der Waals surface area contributed by atoms with Gasteiger partial charge in [-0.3, -0.25) is 4.99 Å². The number of para-hydroxylation sites is 1. The van der Waals surface area contributed by atoms with Crippen molar-refractivity contribution in [1.29, 1.82) is 0 Å². The predicted octanol–water partition coefficient (Wildman–Crippen LogP) is -1.33. The molecule has 0 aliphatic carbocycles. The molecule has 9 heteroatoms. The van der Waals surface area contributed by atoms with Gasteiger partial charge in [0.15, 0.2) is 12.4 Å². The molecule has 1 aromatic rings. The van der Waals surface area contributed by atoms with Crippen LogP contribution < -0.4 is 5.32 Å². The quantitative estimate of drug-likeness (QED) is 0.419. The molecule has 9 nitrogen and oxygen atoms in total. The molecule has 1 aromatic carbocycles. The van der Waals surface area contributed by atoms with E-state index in [0.717, 1.165) is 5.56 Å². The number of anilines is 1. The smallest absolute Gasteiger partial charge is 0.344 e. The predicted molar refractivity (Wildman–Crippen MR) is 80.7 cm³/mol. The van der Waals surface area contributed by atoms with Crippen LogP contribution in [0.1, 0.15) is 5.56 Å². The van der Waals surface area contributed by atoms with Crippen LogP contribution in [0.15, 0.2) is 41.3 Å². The summed E-state index contributed by atoms with van der Waals surface area (Å²) in [5, 5.41) is 41.2. The summed E-state index contributed by atoms with van der Waals surface area (Å²) in [5.41, 5.74) is 1.43. The second-order valence-electron chi connectivity index (χ2n) is 5.32. The van der Waals surface area contributed by atoms with E-state index in [0.29, 0.717) is 5.69 Å². The maximum atomic E-state index is 12.2. The molecule has 0 amide bonds. The molecule has 2 aliphatic rings. The largest absolute Gasteiger partial charge is 0.406 e. The lowest BCUT2D eigenvalue weighted by Gasteiger charge is -2.36. The Labute approximate surface area is 136 Å². The molecule has 0 aromatic heterocycles. The fourth-order valence-corrected chi connectivity index (χ4v) is 2.35. The molecular weight excluding hydrogens is 320 g/mol. The van der Waals surface area contributed by atoms with Gasteiger partial charge in [0.05, 0.1) is 6.20 Å². The molecule has 1 fully saturated rings. The van der Waals surface area contributed by atoms with E-state index in [1.54, 1.807) is 18.3 Å². The van der Waals surface area contributed by atoms with Crippen LogP contribution in [0.3, 0.4) is 0 Å². The highest BCUT2D eigenvalue weighted by molar-refractivity contribution is 5.89. The maximum absolute atomic E-state index is 12.2. The second kappa shape index (κ2) is 6.67. The average molecular weight is 336 g/mol. The van der Waals surface area contributed by atoms with E-state index in [9.17, 15) is 25.2 Å². The van der Waals surface area contributed by atoms with Crippen molar-refractivity contribution in [3.05, 3.63) is 41.9 Å². The molecule has 0 unspecified atom stereocenters. The molecule has 2 aliphatic heterocycles. The summed E-state index contributed by atoms with van der Waals surface area (Å²) in [6.07, 6.45) is -5.89. The van der Waals surface area contributed by atoms with E-state index in [1.165, 1.54) is 6.20 Å². The first-order chi connectivity index (χ1) is 11.5. The number of aliphatic hydroxyl groups excluding tert-OH is 4. The summed E-state index contributed by atoms with van der Waals surface area (Å²) in [5.74, 6) is -1.08. The first-order valence-corrected chi connectivity index (χ1v) is 7.16. The zero-order valence-corrected chi connectivity index (χ0v) is 12.3. The normalized spacial score (nSPS) is 32.2. The molecule has 0 saturated carbocycles. The van der Waals surface area contributed by atoms with Crippen LogP contribution in [-0.4, -0.2) is 63.3 Å². The van der Waals surface area contributed by atoms with Gasteiger partial charge in [0, 0.05) is 17.5 Å². The van der Waals surface area contributed by atoms with Gasteiger partial charge in [0.2, 0.25) is 5.88 Å². The van der Waals surface area contributed by atoms with Crippen LogP contribution in [0.4, 0.5) is 5.69 Å². The third-order valence-corrected chi connectivity index (χ3v) is 3.66. The Morgan fingerprint density at radius 3 is 2.67 bits per heavy atom. The van der Waals surface area contributed by atoms with Crippen LogP contribution in [0.2, 0.25) is 0 Å².